The lowest BCUT2D eigenvalue weighted by Gasteiger charge is -2.22. The van der Waals surface area contributed by atoms with Gasteiger partial charge in [0, 0.05) is 4.47 Å². The third-order valence-electron chi connectivity index (χ3n) is 3.60. The molecule has 2 nitrogen and oxygen atoms in total. The second kappa shape index (κ2) is 6.69. The quantitative estimate of drug-likeness (QED) is 0.870. The van der Waals surface area contributed by atoms with E-state index in [1.807, 2.05) is 6.92 Å². The Morgan fingerprint density at radius 1 is 1.11 bits per heavy atom. The van der Waals surface area contributed by atoms with E-state index in [-0.39, 0.29) is 5.92 Å². The van der Waals surface area contributed by atoms with Gasteiger partial charge in [0.25, 0.3) is 0 Å². The molecule has 0 saturated carbocycles. The smallest absolute Gasteiger partial charge is 0.0804 e. The highest BCUT2D eigenvalue weighted by molar-refractivity contribution is 9.10. The molecule has 2 N–H and O–H groups in total. The Balaban J connectivity index is 2.84. The maximum atomic E-state index is 9.90. The first-order valence-electron chi connectivity index (χ1n) is 6.49. The van der Waals surface area contributed by atoms with Gasteiger partial charge in [-0.1, -0.05) is 35.8 Å². The number of hydrogen-bond donors (Lipinski definition) is 2. The fourth-order valence-electron chi connectivity index (χ4n) is 2.10. The zero-order chi connectivity index (χ0) is 13.9. The van der Waals surface area contributed by atoms with Crippen molar-refractivity contribution in [2.45, 2.75) is 58.7 Å². The molecule has 0 radical (unpaired) electrons. The summed E-state index contributed by atoms with van der Waals surface area (Å²) in [5.74, 6) is 0.217. The van der Waals surface area contributed by atoms with Crippen molar-refractivity contribution in [3.8, 4) is 0 Å². The normalized spacial score (nSPS) is 16.4. The number of aryl methyl sites for hydroxylation is 2. The van der Waals surface area contributed by atoms with Gasteiger partial charge in [0.1, 0.15) is 0 Å². The molecule has 0 aliphatic carbocycles. The summed E-state index contributed by atoms with van der Waals surface area (Å²) in [6.45, 7) is 8.14. The Morgan fingerprint density at radius 2 is 1.67 bits per heavy atom. The van der Waals surface area contributed by atoms with Crippen molar-refractivity contribution in [1.82, 2.24) is 0 Å². The first-order valence-corrected chi connectivity index (χ1v) is 7.28. The van der Waals surface area contributed by atoms with Crippen LogP contribution in [0.15, 0.2) is 16.6 Å². The number of halogens is 1. The minimum absolute atomic E-state index is 0.217. The van der Waals surface area contributed by atoms with Crippen molar-refractivity contribution in [2.75, 3.05) is 0 Å². The molecule has 1 aromatic rings. The monoisotopic (exact) mass is 314 g/mol. The molecular weight excluding hydrogens is 292 g/mol. The van der Waals surface area contributed by atoms with Crippen molar-refractivity contribution < 1.29 is 10.2 Å². The zero-order valence-corrected chi connectivity index (χ0v) is 13.2. The van der Waals surface area contributed by atoms with Crippen LogP contribution in [0.4, 0.5) is 0 Å². The van der Waals surface area contributed by atoms with E-state index in [0.29, 0.717) is 12.8 Å². The third-order valence-corrected chi connectivity index (χ3v) is 4.29. The van der Waals surface area contributed by atoms with Crippen LogP contribution in [0.5, 0.6) is 0 Å². The van der Waals surface area contributed by atoms with Crippen LogP contribution in [0, 0.1) is 13.8 Å². The molecule has 0 spiro atoms. The lowest BCUT2D eigenvalue weighted by molar-refractivity contribution is 0.00950. The summed E-state index contributed by atoms with van der Waals surface area (Å²) >= 11 is 3.58. The van der Waals surface area contributed by atoms with Gasteiger partial charge in [0.15, 0.2) is 0 Å². The Bertz CT molecular complexity index is 404. The Hall–Kier alpha value is -0.380. The second-order valence-electron chi connectivity index (χ2n) is 5.14. The molecule has 0 saturated heterocycles. The highest BCUT2D eigenvalue weighted by Gasteiger charge is 2.20. The Labute approximate surface area is 118 Å². The topological polar surface area (TPSA) is 40.5 Å². The average molecular weight is 315 g/mol. The van der Waals surface area contributed by atoms with Crippen molar-refractivity contribution in [3.05, 3.63) is 33.3 Å². The van der Waals surface area contributed by atoms with E-state index in [4.69, 9.17) is 0 Å². The van der Waals surface area contributed by atoms with E-state index in [9.17, 15) is 10.2 Å². The fourth-order valence-corrected chi connectivity index (χ4v) is 2.95. The molecule has 18 heavy (non-hydrogen) atoms. The van der Waals surface area contributed by atoms with E-state index in [0.717, 1.165) is 4.47 Å². The van der Waals surface area contributed by atoms with Gasteiger partial charge in [-0.15, -0.1) is 0 Å². The summed E-state index contributed by atoms with van der Waals surface area (Å²) in [4.78, 5) is 0. The van der Waals surface area contributed by atoms with Gasteiger partial charge in [0.2, 0.25) is 0 Å². The van der Waals surface area contributed by atoms with Crippen molar-refractivity contribution in [1.29, 1.82) is 0 Å². The molecular formula is C15H23BrO2. The van der Waals surface area contributed by atoms with Crippen LogP contribution < -0.4 is 0 Å². The number of rotatable bonds is 5. The van der Waals surface area contributed by atoms with E-state index in [2.05, 4.69) is 48.8 Å². The van der Waals surface area contributed by atoms with Gasteiger partial charge < -0.3 is 10.2 Å². The fraction of sp³-hybridized carbons (Fsp3) is 0.600. The van der Waals surface area contributed by atoms with Crippen LogP contribution in [0.1, 0.15) is 49.3 Å². The van der Waals surface area contributed by atoms with Gasteiger partial charge >= 0.3 is 0 Å². The lowest BCUT2D eigenvalue weighted by Crippen LogP contribution is -2.26. The Kier molecular flexibility index (Phi) is 5.83. The van der Waals surface area contributed by atoms with Crippen molar-refractivity contribution in [2.24, 2.45) is 0 Å². The molecule has 1 aromatic carbocycles. The largest absolute Gasteiger partial charge is 0.390 e. The second-order valence-corrected chi connectivity index (χ2v) is 5.99. The predicted octanol–water partition coefficient (Wildman–Crippen LogP) is 3.69. The highest BCUT2D eigenvalue weighted by atomic mass is 79.9. The van der Waals surface area contributed by atoms with E-state index in [1.54, 1.807) is 0 Å². The number of benzene rings is 1. The van der Waals surface area contributed by atoms with Gasteiger partial charge in [0.05, 0.1) is 12.2 Å². The first kappa shape index (κ1) is 15.7. The maximum Gasteiger partial charge on any atom is 0.0804 e. The molecule has 0 aliphatic heterocycles. The van der Waals surface area contributed by atoms with Crippen LogP contribution in [0.25, 0.3) is 0 Å². The lowest BCUT2D eigenvalue weighted by atomic mass is 9.91. The summed E-state index contributed by atoms with van der Waals surface area (Å²) < 4.78 is 1.08. The van der Waals surface area contributed by atoms with Crippen LogP contribution in [-0.2, 0) is 0 Å². The van der Waals surface area contributed by atoms with Gasteiger partial charge in [-0.3, -0.25) is 0 Å². The number of aliphatic hydroxyl groups excluding tert-OH is 2. The van der Waals surface area contributed by atoms with E-state index >= 15 is 0 Å². The van der Waals surface area contributed by atoms with E-state index < -0.39 is 12.2 Å². The van der Waals surface area contributed by atoms with Crippen LogP contribution in [0.2, 0.25) is 0 Å². The minimum atomic E-state index is -0.654. The molecule has 0 heterocycles. The predicted molar refractivity (Wildman–Crippen MR) is 79.0 cm³/mol. The van der Waals surface area contributed by atoms with Crippen LogP contribution >= 0.6 is 15.9 Å². The van der Waals surface area contributed by atoms with Crippen LogP contribution in [-0.4, -0.2) is 22.4 Å². The van der Waals surface area contributed by atoms with Gasteiger partial charge in [-0.05, 0) is 55.4 Å². The molecule has 3 unspecified atom stereocenters. The molecule has 0 aromatic heterocycles. The van der Waals surface area contributed by atoms with E-state index in [1.165, 1.54) is 16.7 Å². The molecule has 0 amide bonds. The molecule has 3 atom stereocenters. The first-order chi connectivity index (χ1) is 8.36. The summed E-state index contributed by atoms with van der Waals surface area (Å²) in [5, 5.41) is 19.5. The minimum Gasteiger partial charge on any atom is -0.390 e. The number of aliphatic hydroxyl groups is 2. The summed E-state index contributed by atoms with van der Waals surface area (Å²) in [6, 6.07) is 4.28. The standard InChI is InChI=1S/C15H23BrO2/c1-5-14(17)15(18)8-11(4)12-6-9(2)10(3)7-13(12)16/h6-7,11,14-15,17-18H,5,8H2,1-4H3. The Morgan fingerprint density at radius 3 is 2.22 bits per heavy atom. The summed E-state index contributed by atoms with van der Waals surface area (Å²) in [7, 11) is 0. The molecule has 0 bridgehead atoms. The third kappa shape index (κ3) is 3.81. The van der Waals surface area contributed by atoms with Gasteiger partial charge in [-0.2, -0.15) is 0 Å². The van der Waals surface area contributed by atoms with Gasteiger partial charge in [-0.25, -0.2) is 0 Å². The molecule has 102 valence electrons. The molecule has 3 heteroatoms. The summed E-state index contributed by atoms with van der Waals surface area (Å²) in [5.41, 5.74) is 3.71. The highest BCUT2D eigenvalue weighted by Crippen LogP contribution is 2.31. The average Bonchev–Trinajstić information content (AvgIpc) is 2.32. The summed E-state index contributed by atoms with van der Waals surface area (Å²) in [6.07, 6.45) is -0.116. The van der Waals surface area contributed by atoms with Crippen molar-refractivity contribution in [3.63, 3.8) is 0 Å². The molecule has 1 rings (SSSR count). The molecule has 0 fully saturated rings. The zero-order valence-electron chi connectivity index (χ0n) is 11.6. The van der Waals surface area contributed by atoms with Crippen molar-refractivity contribution >= 4 is 15.9 Å². The molecule has 0 aliphatic rings. The SMILES string of the molecule is CCC(O)C(O)CC(C)c1cc(C)c(C)cc1Br. The maximum absolute atomic E-state index is 9.90. The number of hydrogen-bond acceptors (Lipinski definition) is 2. The van der Waals surface area contributed by atoms with Crippen LogP contribution in [0.3, 0.4) is 0 Å².